The molecule has 0 saturated carbocycles. The quantitative estimate of drug-likeness (QED) is 0.531. The van der Waals surface area contributed by atoms with Gasteiger partial charge in [0.25, 0.3) is 0 Å². The number of halogens is 3. The molecule has 0 amide bonds. The van der Waals surface area contributed by atoms with Gasteiger partial charge in [-0.15, -0.1) is 11.6 Å². The van der Waals surface area contributed by atoms with E-state index >= 15 is 0 Å². The number of benzene rings is 1. The first-order chi connectivity index (χ1) is 9.75. The number of hydrogen-bond acceptors (Lipinski definition) is 1. The molecule has 2 rings (SSSR count). The number of alkyl halides is 1. The van der Waals surface area contributed by atoms with Crippen molar-refractivity contribution in [2.75, 3.05) is 0 Å². The minimum absolute atomic E-state index is 0.101. The number of aromatic nitrogens is 1. The number of aryl methyl sites for hydroxylation is 2. The highest BCUT2D eigenvalue weighted by Gasteiger charge is 2.22. The molecule has 0 saturated heterocycles. The van der Waals surface area contributed by atoms with Crippen LogP contribution in [0.25, 0.3) is 5.69 Å². The largest absolute Gasteiger partial charge is 0.315 e. The van der Waals surface area contributed by atoms with Gasteiger partial charge in [0, 0.05) is 17.0 Å². The average Bonchev–Trinajstić information content (AvgIpc) is 2.70. The molecule has 0 aliphatic rings. The normalized spacial score (nSPS) is 12.5. The Morgan fingerprint density at radius 3 is 2.38 bits per heavy atom. The van der Waals surface area contributed by atoms with E-state index in [9.17, 15) is 4.79 Å². The van der Waals surface area contributed by atoms with Gasteiger partial charge in [0.1, 0.15) is 0 Å². The molecule has 1 atom stereocenters. The van der Waals surface area contributed by atoms with Crippen LogP contribution in [-0.4, -0.2) is 15.7 Å². The zero-order valence-electron chi connectivity index (χ0n) is 12.3. The Kier molecular flexibility index (Phi) is 4.72. The second-order valence-corrected chi connectivity index (χ2v) is 6.57. The molecule has 0 N–H and O–H groups in total. The summed E-state index contributed by atoms with van der Waals surface area (Å²) in [6.07, 6.45) is 0. The van der Waals surface area contributed by atoms with Crippen LogP contribution in [-0.2, 0) is 0 Å². The lowest BCUT2D eigenvalue weighted by Crippen LogP contribution is -2.12. The minimum Gasteiger partial charge on any atom is -0.315 e. The molecule has 0 spiro atoms. The van der Waals surface area contributed by atoms with Crippen molar-refractivity contribution in [1.82, 2.24) is 4.57 Å². The first-order valence-electron chi connectivity index (χ1n) is 6.58. The van der Waals surface area contributed by atoms with Crippen molar-refractivity contribution in [3.05, 3.63) is 50.8 Å². The van der Waals surface area contributed by atoms with Gasteiger partial charge in [-0.3, -0.25) is 4.79 Å². The molecule has 0 fully saturated rings. The highest BCUT2D eigenvalue weighted by Crippen LogP contribution is 2.34. The molecule has 0 aliphatic carbocycles. The maximum atomic E-state index is 12.2. The van der Waals surface area contributed by atoms with Gasteiger partial charge >= 0.3 is 0 Å². The van der Waals surface area contributed by atoms with Crippen LogP contribution in [0, 0.1) is 20.8 Å². The molecular formula is C16H16Cl3NO. The Balaban J connectivity index is 2.73. The van der Waals surface area contributed by atoms with Crippen molar-refractivity contribution in [3.8, 4) is 5.69 Å². The summed E-state index contributed by atoms with van der Waals surface area (Å²) in [4.78, 5) is 12.2. The summed E-state index contributed by atoms with van der Waals surface area (Å²) in [6, 6.07) is 5.50. The zero-order chi connectivity index (χ0) is 15.9. The van der Waals surface area contributed by atoms with E-state index in [1.807, 2.05) is 43.5 Å². The predicted molar refractivity (Wildman–Crippen MR) is 89.6 cm³/mol. The molecule has 1 unspecified atom stereocenters. The molecule has 0 radical (unpaired) electrons. The molecule has 21 heavy (non-hydrogen) atoms. The van der Waals surface area contributed by atoms with E-state index in [1.54, 1.807) is 6.92 Å². The summed E-state index contributed by atoms with van der Waals surface area (Å²) in [5.74, 6) is -0.101. The summed E-state index contributed by atoms with van der Waals surface area (Å²) in [7, 11) is 0. The topological polar surface area (TPSA) is 22.0 Å². The van der Waals surface area contributed by atoms with Gasteiger partial charge < -0.3 is 4.57 Å². The number of Topliss-reactive ketones (excluding diaryl/α,β-unsaturated/α-hetero) is 1. The molecule has 1 heterocycles. The van der Waals surface area contributed by atoms with Crippen LogP contribution in [0.5, 0.6) is 0 Å². The first-order valence-corrected chi connectivity index (χ1v) is 7.77. The molecule has 1 aromatic heterocycles. The second kappa shape index (κ2) is 6.04. The van der Waals surface area contributed by atoms with Gasteiger partial charge in [-0.2, -0.15) is 0 Å². The standard InChI is InChI=1S/C16H16Cl3NO/c1-8-5-6-13(18)15(14(8)19)20-9(2)7-12(11(20)4)16(21)10(3)17/h5-7,10H,1-4H3. The predicted octanol–water partition coefficient (Wildman–Crippen LogP) is 5.52. The maximum absolute atomic E-state index is 12.2. The van der Waals surface area contributed by atoms with Gasteiger partial charge in [-0.25, -0.2) is 0 Å². The van der Waals surface area contributed by atoms with E-state index in [0.717, 1.165) is 17.0 Å². The molecule has 2 nitrogen and oxygen atoms in total. The van der Waals surface area contributed by atoms with Crippen molar-refractivity contribution in [2.24, 2.45) is 0 Å². The maximum Gasteiger partial charge on any atom is 0.182 e. The van der Waals surface area contributed by atoms with E-state index in [4.69, 9.17) is 34.8 Å². The smallest absolute Gasteiger partial charge is 0.182 e. The van der Waals surface area contributed by atoms with Crippen molar-refractivity contribution >= 4 is 40.6 Å². The number of rotatable bonds is 3. The van der Waals surface area contributed by atoms with E-state index in [2.05, 4.69) is 0 Å². The number of nitrogens with zero attached hydrogens (tertiary/aromatic N) is 1. The fourth-order valence-electron chi connectivity index (χ4n) is 2.42. The highest BCUT2D eigenvalue weighted by atomic mass is 35.5. The first kappa shape index (κ1) is 16.4. The molecule has 112 valence electrons. The van der Waals surface area contributed by atoms with Crippen LogP contribution in [0.15, 0.2) is 18.2 Å². The SMILES string of the molecule is Cc1ccc(Cl)c(-n2c(C)cc(C(=O)C(C)Cl)c2C)c1Cl. The van der Waals surface area contributed by atoms with E-state index in [0.29, 0.717) is 21.3 Å². The summed E-state index contributed by atoms with van der Waals surface area (Å²) < 4.78 is 1.91. The number of carbonyl (C=O) groups excluding carboxylic acids is 1. The van der Waals surface area contributed by atoms with E-state index in [-0.39, 0.29) is 5.78 Å². The Labute approximate surface area is 139 Å². The van der Waals surface area contributed by atoms with Crippen LogP contribution in [0.1, 0.15) is 34.2 Å². The van der Waals surface area contributed by atoms with Crippen LogP contribution < -0.4 is 0 Å². The van der Waals surface area contributed by atoms with Crippen molar-refractivity contribution in [2.45, 2.75) is 33.1 Å². The average molecular weight is 345 g/mol. The summed E-state index contributed by atoms with van der Waals surface area (Å²) in [5.41, 5.74) is 3.92. The molecular weight excluding hydrogens is 329 g/mol. The van der Waals surface area contributed by atoms with Gasteiger partial charge in [0.15, 0.2) is 5.78 Å². The van der Waals surface area contributed by atoms with Gasteiger partial charge in [0.2, 0.25) is 0 Å². The molecule has 2 aromatic rings. The highest BCUT2D eigenvalue weighted by molar-refractivity contribution is 6.38. The van der Waals surface area contributed by atoms with Crippen molar-refractivity contribution < 1.29 is 4.79 Å². The van der Waals surface area contributed by atoms with E-state index in [1.165, 1.54) is 0 Å². The molecule has 0 aliphatic heterocycles. The van der Waals surface area contributed by atoms with Crippen LogP contribution >= 0.6 is 34.8 Å². The fourth-order valence-corrected chi connectivity index (χ4v) is 3.07. The third-order valence-electron chi connectivity index (χ3n) is 3.54. The Morgan fingerprint density at radius 1 is 1.19 bits per heavy atom. The summed E-state index contributed by atoms with van der Waals surface area (Å²) in [6.45, 7) is 7.37. The third-order valence-corrected chi connectivity index (χ3v) is 4.52. The summed E-state index contributed by atoms with van der Waals surface area (Å²) >= 11 is 18.6. The number of hydrogen-bond donors (Lipinski definition) is 0. The third kappa shape index (κ3) is 2.85. The van der Waals surface area contributed by atoms with Gasteiger partial charge in [0.05, 0.1) is 21.1 Å². The molecule has 1 aromatic carbocycles. The lowest BCUT2D eigenvalue weighted by molar-refractivity contribution is 0.0991. The lowest BCUT2D eigenvalue weighted by Gasteiger charge is -2.15. The second-order valence-electron chi connectivity index (χ2n) is 5.13. The lowest BCUT2D eigenvalue weighted by atomic mass is 10.1. The minimum atomic E-state index is -0.567. The number of carbonyl (C=O) groups is 1. The van der Waals surface area contributed by atoms with Crippen LogP contribution in [0.4, 0.5) is 0 Å². The fraction of sp³-hybridized carbons (Fsp3) is 0.312. The van der Waals surface area contributed by atoms with Gasteiger partial charge in [-0.1, -0.05) is 29.3 Å². The monoisotopic (exact) mass is 343 g/mol. The Hall–Kier alpha value is -0.960. The molecule has 5 heteroatoms. The van der Waals surface area contributed by atoms with Crippen molar-refractivity contribution in [3.63, 3.8) is 0 Å². The van der Waals surface area contributed by atoms with Crippen molar-refractivity contribution in [1.29, 1.82) is 0 Å². The Bertz CT molecular complexity index is 717. The van der Waals surface area contributed by atoms with E-state index < -0.39 is 5.38 Å². The van der Waals surface area contributed by atoms with Crippen LogP contribution in [0.2, 0.25) is 10.0 Å². The zero-order valence-corrected chi connectivity index (χ0v) is 14.6. The van der Waals surface area contributed by atoms with Crippen LogP contribution in [0.3, 0.4) is 0 Å². The molecule has 0 bridgehead atoms. The van der Waals surface area contributed by atoms with Gasteiger partial charge in [-0.05, 0) is 45.4 Å². The number of ketones is 1. The Morgan fingerprint density at radius 2 is 1.81 bits per heavy atom. The summed E-state index contributed by atoms with van der Waals surface area (Å²) in [5, 5.41) is 0.565.